The van der Waals surface area contributed by atoms with Crippen molar-refractivity contribution in [3.8, 4) is 17.2 Å². The van der Waals surface area contributed by atoms with Crippen LogP contribution in [-0.4, -0.2) is 58.0 Å². The molecule has 0 aliphatic heterocycles. The molecule has 0 saturated carbocycles. The summed E-state index contributed by atoms with van der Waals surface area (Å²) >= 11 is 0. The van der Waals surface area contributed by atoms with Gasteiger partial charge in [0.05, 0.1) is 39.7 Å². The number of hydrogen-bond donors (Lipinski definition) is 1. The molecule has 39 heavy (non-hydrogen) atoms. The molecule has 0 radical (unpaired) electrons. The van der Waals surface area contributed by atoms with Crippen LogP contribution in [0.15, 0.2) is 70.1 Å². The lowest BCUT2D eigenvalue weighted by molar-refractivity contribution is 0.247. The lowest BCUT2D eigenvalue weighted by atomic mass is 10.1. The van der Waals surface area contributed by atoms with Crippen LogP contribution >= 0.6 is 0 Å². The number of rotatable bonds is 12. The van der Waals surface area contributed by atoms with E-state index in [2.05, 4.69) is 25.4 Å². The minimum Gasteiger partial charge on any atom is -0.497 e. The Morgan fingerprint density at radius 1 is 0.974 bits per heavy atom. The summed E-state index contributed by atoms with van der Waals surface area (Å²) in [5, 5.41) is 13.2. The molecule has 0 aliphatic carbocycles. The summed E-state index contributed by atoms with van der Waals surface area (Å²) in [6.07, 6.45) is 2.33. The molecule has 0 aliphatic rings. The molecule has 0 amide bonds. The number of furan rings is 1. The highest BCUT2D eigenvalue weighted by Gasteiger charge is 2.17. The molecule has 0 saturated heterocycles. The summed E-state index contributed by atoms with van der Waals surface area (Å²) in [5.74, 6) is 3.45. The first-order chi connectivity index (χ1) is 19.1. The first kappa shape index (κ1) is 26.0. The molecule has 0 bridgehead atoms. The maximum Gasteiger partial charge on any atom is 0.252 e. The van der Waals surface area contributed by atoms with Crippen LogP contribution in [-0.2, 0) is 26.1 Å². The molecule has 3 heterocycles. The average molecular weight is 531 g/mol. The second kappa shape index (κ2) is 11.8. The van der Waals surface area contributed by atoms with Gasteiger partial charge in [0.1, 0.15) is 18.1 Å². The summed E-state index contributed by atoms with van der Waals surface area (Å²) in [6, 6.07) is 17.1. The van der Waals surface area contributed by atoms with Crippen molar-refractivity contribution in [1.29, 1.82) is 0 Å². The Bertz CT molecular complexity index is 1590. The van der Waals surface area contributed by atoms with E-state index in [0.717, 1.165) is 22.2 Å². The van der Waals surface area contributed by atoms with Crippen molar-refractivity contribution in [2.45, 2.75) is 26.1 Å². The van der Waals surface area contributed by atoms with Crippen molar-refractivity contribution >= 4 is 10.9 Å². The van der Waals surface area contributed by atoms with Gasteiger partial charge in [-0.2, -0.15) is 0 Å². The normalized spacial score (nSPS) is 11.3. The van der Waals surface area contributed by atoms with E-state index in [0.29, 0.717) is 61.2 Å². The lowest BCUT2D eigenvalue weighted by Gasteiger charge is -2.22. The van der Waals surface area contributed by atoms with Crippen LogP contribution in [0.25, 0.3) is 10.9 Å². The van der Waals surface area contributed by atoms with Crippen LogP contribution in [0.2, 0.25) is 0 Å². The van der Waals surface area contributed by atoms with Gasteiger partial charge in [-0.25, -0.2) is 4.68 Å². The summed E-state index contributed by atoms with van der Waals surface area (Å²) in [4.78, 5) is 18.2. The smallest absolute Gasteiger partial charge is 0.252 e. The Labute approximate surface area is 224 Å². The third-order valence-electron chi connectivity index (χ3n) is 6.55. The number of nitrogens with zero attached hydrogens (tertiary/aromatic N) is 5. The molecule has 3 aromatic heterocycles. The minimum atomic E-state index is -0.151. The fraction of sp³-hybridized carbons (Fsp3) is 0.286. The van der Waals surface area contributed by atoms with E-state index in [1.807, 2.05) is 54.6 Å². The predicted molar refractivity (Wildman–Crippen MR) is 144 cm³/mol. The molecule has 5 rings (SSSR count). The second-order valence-corrected chi connectivity index (χ2v) is 9.06. The zero-order valence-electron chi connectivity index (χ0n) is 22.1. The van der Waals surface area contributed by atoms with Crippen LogP contribution in [0.5, 0.6) is 17.2 Å². The van der Waals surface area contributed by atoms with E-state index in [9.17, 15) is 4.79 Å². The van der Waals surface area contributed by atoms with Crippen LogP contribution in [0, 0.1) is 0 Å². The van der Waals surface area contributed by atoms with Crippen LogP contribution in [0.3, 0.4) is 0 Å². The fourth-order valence-corrected chi connectivity index (χ4v) is 4.46. The summed E-state index contributed by atoms with van der Waals surface area (Å²) < 4.78 is 23.3. The van der Waals surface area contributed by atoms with Gasteiger partial charge in [-0.1, -0.05) is 6.07 Å². The third kappa shape index (κ3) is 6.10. The first-order valence-corrected chi connectivity index (χ1v) is 12.5. The molecule has 202 valence electrons. The van der Waals surface area contributed by atoms with Gasteiger partial charge in [-0.3, -0.25) is 9.69 Å². The van der Waals surface area contributed by atoms with E-state index in [4.69, 9.17) is 18.6 Å². The molecular weight excluding hydrogens is 500 g/mol. The van der Waals surface area contributed by atoms with Crippen molar-refractivity contribution in [2.75, 3.05) is 27.9 Å². The monoisotopic (exact) mass is 530 g/mol. The highest BCUT2D eigenvalue weighted by molar-refractivity contribution is 5.80. The van der Waals surface area contributed by atoms with Gasteiger partial charge in [0.15, 0.2) is 17.3 Å². The second-order valence-electron chi connectivity index (χ2n) is 9.06. The Morgan fingerprint density at radius 2 is 1.85 bits per heavy atom. The van der Waals surface area contributed by atoms with E-state index >= 15 is 0 Å². The molecule has 2 aromatic carbocycles. The van der Waals surface area contributed by atoms with Crippen molar-refractivity contribution in [1.82, 2.24) is 30.1 Å². The van der Waals surface area contributed by atoms with Crippen molar-refractivity contribution in [3.63, 3.8) is 0 Å². The van der Waals surface area contributed by atoms with Crippen molar-refractivity contribution < 1.29 is 18.6 Å². The fourth-order valence-electron chi connectivity index (χ4n) is 4.46. The van der Waals surface area contributed by atoms with Gasteiger partial charge in [0.25, 0.3) is 5.56 Å². The summed E-state index contributed by atoms with van der Waals surface area (Å²) in [6.45, 7) is 1.89. The summed E-state index contributed by atoms with van der Waals surface area (Å²) in [5.41, 5.74) is 2.29. The number of ether oxygens (including phenoxy) is 3. The van der Waals surface area contributed by atoms with Gasteiger partial charge in [-0.15, -0.1) is 5.10 Å². The first-order valence-electron chi connectivity index (χ1n) is 12.5. The summed E-state index contributed by atoms with van der Waals surface area (Å²) in [7, 11) is 4.83. The zero-order chi connectivity index (χ0) is 27.2. The highest BCUT2D eigenvalue weighted by atomic mass is 16.5. The maximum atomic E-state index is 13.1. The Kier molecular flexibility index (Phi) is 7.88. The van der Waals surface area contributed by atoms with Gasteiger partial charge in [0.2, 0.25) is 0 Å². The van der Waals surface area contributed by atoms with Crippen LogP contribution in [0.1, 0.15) is 22.7 Å². The number of tetrazole rings is 1. The number of pyridine rings is 1. The minimum absolute atomic E-state index is 0.151. The Balaban J connectivity index is 1.41. The molecule has 1 N–H and O–H groups in total. The van der Waals surface area contributed by atoms with Gasteiger partial charge < -0.3 is 23.6 Å². The van der Waals surface area contributed by atoms with Crippen molar-refractivity contribution in [2.24, 2.45) is 0 Å². The number of hydrogen-bond acceptors (Lipinski definition) is 9. The van der Waals surface area contributed by atoms with Crippen LogP contribution < -0.4 is 19.8 Å². The number of nitrogens with one attached hydrogen (secondary N) is 1. The zero-order valence-corrected chi connectivity index (χ0v) is 22.1. The standard InChI is InChI=1S/C28H30N6O5/c1-36-22-8-7-20-14-21(28(35)29-24(20)15-22)16-33(11-10-19-6-9-25(37-2)26(13-19)38-3)18-27-30-31-32-34(27)17-23-5-4-12-39-23/h4-9,12-15H,10-11,16-18H2,1-3H3,(H,29,35). The van der Waals surface area contributed by atoms with E-state index in [-0.39, 0.29) is 5.56 Å². The van der Waals surface area contributed by atoms with E-state index in [1.165, 1.54) is 0 Å². The lowest BCUT2D eigenvalue weighted by Crippen LogP contribution is -2.30. The average Bonchev–Trinajstić information content (AvgIpc) is 3.64. The molecule has 5 aromatic rings. The number of benzene rings is 2. The van der Waals surface area contributed by atoms with Gasteiger partial charge >= 0.3 is 0 Å². The molecule has 0 fully saturated rings. The number of aromatic nitrogens is 5. The molecule has 0 unspecified atom stereocenters. The molecule has 11 nitrogen and oxygen atoms in total. The maximum absolute atomic E-state index is 13.1. The molecule has 0 spiro atoms. The van der Waals surface area contributed by atoms with Gasteiger partial charge in [0, 0.05) is 24.7 Å². The van der Waals surface area contributed by atoms with Crippen molar-refractivity contribution in [3.05, 3.63) is 93.9 Å². The SMILES string of the molecule is COc1ccc2cc(CN(CCc3ccc(OC)c(OC)c3)Cc3nnnn3Cc3ccco3)c(=O)[nH]c2c1. The molecular formula is C28H30N6O5. The van der Waals surface area contributed by atoms with E-state index in [1.54, 1.807) is 32.3 Å². The topological polar surface area (TPSA) is 121 Å². The number of fused-ring (bicyclic) bond motifs is 1. The molecule has 11 heteroatoms. The third-order valence-corrected chi connectivity index (χ3v) is 6.55. The van der Waals surface area contributed by atoms with Crippen LogP contribution in [0.4, 0.5) is 0 Å². The van der Waals surface area contributed by atoms with E-state index < -0.39 is 0 Å². The quantitative estimate of drug-likeness (QED) is 0.259. The highest BCUT2D eigenvalue weighted by Crippen LogP contribution is 2.28. The number of aromatic amines is 1. The Hall–Kier alpha value is -4.64. The number of methoxy groups -OCH3 is 3. The predicted octanol–water partition coefficient (Wildman–Crippen LogP) is 3.43. The largest absolute Gasteiger partial charge is 0.497 e. The Morgan fingerprint density at radius 3 is 2.62 bits per heavy atom. The molecule has 0 atom stereocenters. The number of H-pyrrole nitrogens is 1. The van der Waals surface area contributed by atoms with Gasteiger partial charge in [-0.05, 0) is 70.3 Å².